The number of unbranched alkanes of at least 4 members (excludes halogenated alkanes) is 1. The van der Waals surface area contributed by atoms with Gasteiger partial charge in [-0.25, -0.2) is 4.79 Å². The largest absolute Gasteiger partial charge is 0.368 e. The molecule has 154 valence electrons. The van der Waals surface area contributed by atoms with Gasteiger partial charge in [-0.15, -0.1) is 0 Å². The van der Waals surface area contributed by atoms with E-state index in [1.54, 1.807) is 0 Å². The maximum atomic E-state index is 12.3. The summed E-state index contributed by atoms with van der Waals surface area (Å²) in [5.41, 5.74) is 3.65. The summed E-state index contributed by atoms with van der Waals surface area (Å²) in [6.45, 7) is 7.88. The van der Waals surface area contributed by atoms with Crippen LogP contribution < -0.4 is 15.5 Å². The first kappa shape index (κ1) is 20.7. The van der Waals surface area contributed by atoms with Gasteiger partial charge in [-0.3, -0.25) is 4.79 Å². The van der Waals surface area contributed by atoms with Gasteiger partial charge in [-0.05, 0) is 49.7 Å². The number of hydrogen-bond donors (Lipinski definition) is 2. The lowest BCUT2D eigenvalue weighted by Gasteiger charge is -2.36. The van der Waals surface area contributed by atoms with Crippen molar-refractivity contribution in [1.82, 2.24) is 10.2 Å². The maximum Gasteiger partial charge on any atom is 0.317 e. The van der Waals surface area contributed by atoms with Crippen molar-refractivity contribution in [2.75, 3.05) is 42.9 Å². The maximum absolute atomic E-state index is 12.3. The molecule has 6 heteroatoms. The molecule has 0 spiro atoms. The number of piperazine rings is 1. The Hall–Kier alpha value is -3.02. The highest BCUT2D eigenvalue weighted by atomic mass is 16.2. The fraction of sp³-hybridized carbons (Fsp3) is 0.391. The Balaban J connectivity index is 1.50. The van der Waals surface area contributed by atoms with Gasteiger partial charge >= 0.3 is 6.03 Å². The topological polar surface area (TPSA) is 64.7 Å². The van der Waals surface area contributed by atoms with Gasteiger partial charge in [0.15, 0.2) is 0 Å². The summed E-state index contributed by atoms with van der Waals surface area (Å²) in [7, 11) is 0. The van der Waals surface area contributed by atoms with E-state index in [4.69, 9.17) is 0 Å². The Morgan fingerprint density at radius 3 is 2.21 bits per heavy atom. The van der Waals surface area contributed by atoms with Crippen LogP contribution in [0.15, 0.2) is 48.5 Å². The van der Waals surface area contributed by atoms with Gasteiger partial charge in [0.25, 0.3) is 5.91 Å². The Bertz CT molecular complexity index is 810. The third-order valence-electron chi connectivity index (χ3n) is 5.18. The minimum Gasteiger partial charge on any atom is -0.368 e. The fourth-order valence-corrected chi connectivity index (χ4v) is 3.32. The number of aryl methyl sites for hydroxylation is 1. The van der Waals surface area contributed by atoms with Gasteiger partial charge in [0, 0.05) is 49.7 Å². The Kier molecular flexibility index (Phi) is 7.11. The normalized spacial score (nSPS) is 13.9. The zero-order valence-electron chi connectivity index (χ0n) is 17.3. The fourth-order valence-electron chi connectivity index (χ4n) is 3.32. The smallest absolute Gasteiger partial charge is 0.317 e. The number of hydrogen-bond acceptors (Lipinski definition) is 3. The predicted molar refractivity (Wildman–Crippen MR) is 118 cm³/mol. The molecule has 0 radical (unpaired) electrons. The average molecular weight is 395 g/mol. The SMILES string of the molecule is CCCCNC(=O)N1CCN(c2ccc(NC(=O)c3ccc(C)cc3)cc2)CC1. The number of benzene rings is 2. The number of amides is 3. The van der Waals surface area contributed by atoms with Gasteiger partial charge in [-0.2, -0.15) is 0 Å². The standard InChI is InChI=1S/C23H30N4O2/c1-3-4-13-24-23(29)27-16-14-26(15-17-27)21-11-9-20(10-12-21)25-22(28)19-7-5-18(2)6-8-19/h5-12H,3-4,13-17H2,1-2H3,(H,24,29)(H,25,28). The molecule has 2 aromatic rings. The molecule has 0 unspecified atom stereocenters. The monoisotopic (exact) mass is 394 g/mol. The lowest BCUT2D eigenvalue weighted by molar-refractivity contribution is 0.102. The van der Waals surface area contributed by atoms with Crippen LogP contribution in [0.1, 0.15) is 35.7 Å². The highest BCUT2D eigenvalue weighted by molar-refractivity contribution is 6.04. The van der Waals surface area contributed by atoms with Crippen molar-refractivity contribution in [2.24, 2.45) is 0 Å². The zero-order chi connectivity index (χ0) is 20.6. The molecular weight excluding hydrogens is 364 g/mol. The molecule has 0 saturated carbocycles. The Morgan fingerprint density at radius 1 is 0.931 bits per heavy atom. The Morgan fingerprint density at radius 2 is 1.59 bits per heavy atom. The molecule has 2 N–H and O–H groups in total. The van der Waals surface area contributed by atoms with Gasteiger partial charge in [0.2, 0.25) is 0 Å². The lowest BCUT2D eigenvalue weighted by atomic mass is 10.1. The first-order chi connectivity index (χ1) is 14.1. The number of rotatable bonds is 6. The molecule has 0 aromatic heterocycles. The van der Waals surface area contributed by atoms with E-state index in [0.717, 1.165) is 49.4 Å². The molecular formula is C23H30N4O2. The number of nitrogens with zero attached hydrogens (tertiary/aromatic N) is 2. The minimum absolute atomic E-state index is 0.0345. The summed E-state index contributed by atoms with van der Waals surface area (Å²) < 4.78 is 0. The van der Waals surface area contributed by atoms with E-state index < -0.39 is 0 Å². The summed E-state index contributed by atoms with van der Waals surface area (Å²) in [5, 5.41) is 5.91. The summed E-state index contributed by atoms with van der Waals surface area (Å²) in [6, 6.07) is 15.4. The number of carbonyl (C=O) groups is 2. The quantitative estimate of drug-likeness (QED) is 0.731. The van der Waals surface area contributed by atoms with Crippen molar-refractivity contribution in [3.8, 4) is 0 Å². The number of anilines is 2. The molecule has 1 fully saturated rings. The number of carbonyl (C=O) groups excluding carboxylic acids is 2. The molecule has 1 heterocycles. The third kappa shape index (κ3) is 5.73. The molecule has 6 nitrogen and oxygen atoms in total. The first-order valence-electron chi connectivity index (χ1n) is 10.3. The van der Waals surface area contributed by atoms with E-state index in [1.165, 1.54) is 0 Å². The third-order valence-corrected chi connectivity index (χ3v) is 5.18. The zero-order valence-corrected chi connectivity index (χ0v) is 17.3. The second-order valence-corrected chi connectivity index (χ2v) is 7.43. The predicted octanol–water partition coefficient (Wildman–Crippen LogP) is 3.88. The average Bonchev–Trinajstić information content (AvgIpc) is 2.75. The van der Waals surface area contributed by atoms with Crippen LogP contribution in [0.4, 0.5) is 16.2 Å². The summed E-state index contributed by atoms with van der Waals surface area (Å²) in [6.07, 6.45) is 2.09. The molecule has 0 bridgehead atoms. The van der Waals surface area contributed by atoms with Crippen molar-refractivity contribution in [1.29, 1.82) is 0 Å². The van der Waals surface area contributed by atoms with Crippen LogP contribution in [0.5, 0.6) is 0 Å². The molecule has 0 atom stereocenters. The van der Waals surface area contributed by atoms with Gasteiger partial charge < -0.3 is 20.4 Å². The molecule has 0 aliphatic carbocycles. The van der Waals surface area contributed by atoms with Crippen molar-refractivity contribution in [3.05, 3.63) is 59.7 Å². The van der Waals surface area contributed by atoms with Crippen LogP contribution >= 0.6 is 0 Å². The van der Waals surface area contributed by atoms with E-state index in [1.807, 2.05) is 60.4 Å². The second-order valence-electron chi connectivity index (χ2n) is 7.43. The van der Waals surface area contributed by atoms with Crippen LogP contribution in [-0.2, 0) is 0 Å². The number of nitrogens with one attached hydrogen (secondary N) is 2. The van der Waals surface area contributed by atoms with E-state index in [0.29, 0.717) is 18.7 Å². The van der Waals surface area contributed by atoms with Crippen molar-refractivity contribution in [2.45, 2.75) is 26.7 Å². The van der Waals surface area contributed by atoms with Crippen molar-refractivity contribution in [3.63, 3.8) is 0 Å². The van der Waals surface area contributed by atoms with E-state index in [9.17, 15) is 9.59 Å². The minimum atomic E-state index is -0.111. The summed E-state index contributed by atoms with van der Waals surface area (Å²) in [4.78, 5) is 28.6. The second kappa shape index (κ2) is 9.96. The molecule has 3 amide bonds. The van der Waals surface area contributed by atoms with Crippen LogP contribution in [0.3, 0.4) is 0 Å². The van der Waals surface area contributed by atoms with Gasteiger partial charge in [-0.1, -0.05) is 31.0 Å². The van der Waals surface area contributed by atoms with E-state index in [2.05, 4.69) is 22.5 Å². The molecule has 29 heavy (non-hydrogen) atoms. The molecule has 1 saturated heterocycles. The summed E-state index contributed by atoms with van der Waals surface area (Å²) in [5.74, 6) is -0.111. The van der Waals surface area contributed by atoms with Crippen LogP contribution in [0, 0.1) is 6.92 Å². The molecule has 3 rings (SSSR count). The highest BCUT2D eigenvalue weighted by Crippen LogP contribution is 2.20. The first-order valence-corrected chi connectivity index (χ1v) is 10.3. The molecule has 1 aliphatic rings. The van der Waals surface area contributed by atoms with E-state index >= 15 is 0 Å². The van der Waals surface area contributed by atoms with Gasteiger partial charge in [0.1, 0.15) is 0 Å². The summed E-state index contributed by atoms with van der Waals surface area (Å²) >= 11 is 0. The Labute approximate surface area is 172 Å². The molecule has 2 aromatic carbocycles. The van der Waals surface area contributed by atoms with E-state index in [-0.39, 0.29) is 11.9 Å². The lowest BCUT2D eigenvalue weighted by Crippen LogP contribution is -2.52. The van der Waals surface area contributed by atoms with Crippen LogP contribution in [-0.4, -0.2) is 49.6 Å². The van der Waals surface area contributed by atoms with Gasteiger partial charge in [0.05, 0.1) is 0 Å². The van der Waals surface area contributed by atoms with Crippen molar-refractivity contribution >= 4 is 23.3 Å². The van der Waals surface area contributed by atoms with Crippen molar-refractivity contribution < 1.29 is 9.59 Å². The number of urea groups is 1. The van der Waals surface area contributed by atoms with Crippen LogP contribution in [0.2, 0.25) is 0 Å². The highest BCUT2D eigenvalue weighted by Gasteiger charge is 2.21. The van der Waals surface area contributed by atoms with Crippen LogP contribution in [0.25, 0.3) is 0 Å². The molecule has 1 aliphatic heterocycles.